The lowest BCUT2D eigenvalue weighted by atomic mass is 9.93. The number of anilines is 1. The Labute approximate surface area is 439 Å². The second-order valence-corrected chi connectivity index (χ2v) is 24.6. The number of sulfone groups is 1. The van der Waals surface area contributed by atoms with Crippen LogP contribution in [0.2, 0.25) is 5.02 Å². The van der Waals surface area contributed by atoms with Crippen LogP contribution >= 0.6 is 19.4 Å². The molecule has 3 heterocycles. The third kappa shape index (κ3) is 12.4. The quantitative estimate of drug-likeness (QED) is 0.0390. The lowest BCUT2D eigenvalue weighted by molar-refractivity contribution is -0.143. The first-order valence-corrected chi connectivity index (χ1v) is 27.8. The molecule has 20 nitrogen and oxygen atoms in total. The normalized spacial score (nSPS) is 17.6. The maximum absolute atomic E-state index is 15.6. The van der Waals surface area contributed by atoms with Crippen LogP contribution in [0.4, 0.5) is 54.5 Å². The van der Waals surface area contributed by atoms with E-state index in [1.807, 2.05) is 0 Å². The Hall–Kier alpha value is -6.36. The number of aliphatic carboxylic acids is 1. The lowest BCUT2D eigenvalue weighted by Crippen LogP contribution is -2.54. The fraction of sp³-hybridized carbons (Fsp3) is 0.409. The molecule has 0 aliphatic heterocycles. The van der Waals surface area contributed by atoms with E-state index in [-0.39, 0.29) is 25.7 Å². The largest absolute Gasteiger partial charge is 0.480 e. The SMILES string of the molecule is C[C@@H](OP(=O)(O)O)[C@H](NC(=O)N(c1nn(CC(F)(F)F)c2c(-c3ccc(C#CC(C)(C)S(C)(=O)=O)nc3[C@H](Cc3cc(F)cc(F)c3)NC(=O)Cn3nc(C(F)(F)F)c4c3C(F)(F)[C@@H]3CC43)ccc(Cl)c12)S(C)(=O)=O)C(=O)O. The van der Waals surface area contributed by atoms with Crippen LogP contribution < -0.4 is 14.9 Å². The summed E-state index contributed by atoms with van der Waals surface area (Å²) in [4.78, 5) is 63.4. The molecule has 2 aliphatic rings. The van der Waals surface area contributed by atoms with E-state index in [0.717, 1.165) is 49.6 Å². The molecule has 0 saturated heterocycles. The number of benzene rings is 2. The predicted molar refractivity (Wildman–Crippen MR) is 253 cm³/mol. The number of hydrogen-bond donors (Lipinski definition) is 5. The highest BCUT2D eigenvalue weighted by molar-refractivity contribution is 7.93. The summed E-state index contributed by atoms with van der Waals surface area (Å²) in [5.41, 5.74) is -6.85. The number of aromatic nitrogens is 5. The van der Waals surface area contributed by atoms with Crippen LogP contribution in [0.3, 0.4) is 0 Å². The van der Waals surface area contributed by atoms with Crippen molar-refractivity contribution < 1.29 is 99.1 Å². The van der Waals surface area contributed by atoms with Gasteiger partial charge in [0.05, 0.1) is 40.0 Å². The molecule has 2 aliphatic carbocycles. The van der Waals surface area contributed by atoms with Crippen molar-refractivity contribution in [2.45, 2.75) is 93.8 Å². The molecule has 78 heavy (non-hydrogen) atoms. The molecule has 34 heteroatoms. The zero-order valence-corrected chi connectivity index (χ0v) is 43.7. The van der Waals surface area contributed by atoms with Gasteiger partial charge in [0.25, 0.3) is 5.92 Å². The molecule has 3 aromatic heterocycles. The first-order valence-electron chi connectivity index (χ1n) is 22.2. The summed E-state index contributed by atoms with van der Waals surface area (Å²) in [6.45, 7) is -0.419. The number of carboxylic acids is 1. The Morgan fingerprint density at radius 3 is 2.13 bits per heavy atom. The molecule has 7 rings (SSSR count). The number of nitrogens with one attached hydrogen (secondary N) is 2. The van der Waals surface area contributed by atoms with Gasteiger partial charge in [-0.15, -0.1) is 0 Å². The van der Waals surface area contributed by atoms with Gasteiger partial charge in [0, 0.05) is 34.9 Å². The summed E-state index contributed by atoms with van der Waals surface area (Å²) in [6.07, 6.45) is -12.7. The third-order valence-electron chi connectivity index (χ3n) is 12.3. The van der Waals surface area contributed by atoms with Crippen molar-refractivity contribution in [2.24, 2.45) is 5.92 Å². The van der Waals surface area contributed by atoms with Gasteiger partial charge in [0.15, 0.2) is 27.4 Å². The van der Waals surface area contributed by atoms with Crippen molar-refractivity contribution >= 4 is 73.9 Å². The van der Waals surface area contributed by atoms with E-state index >= 15 is 8.78 Å². The maximum Gasteiger partial charge on any atom is 0.469 e. The summed E-state index contributed by atoms with van der Waals surface area (Å²) in [6, 6.07) is -0.507. The van der Waals surface area contributed by atoms with Gasteiger partial charge >= 0.3 is 32.2 Å². The number of amides is 3. The molecular formula is C44H40ClF10N8O12PS2. The second-order valence-electron chi connectivity index (χ2n) is 18.6. The van der Waals surface area contributed by atoms with Gasteiger partial charge in [0.2, 0.25) is 15.9 Å². The standard InChI is InChI=1S/C44H40ClF10N8O12PS2/c1-19(75-76(68,69)70)33(39(65)66)58-40(67)63(78(5,73)74)38-32-28(45)9-8-25(35(32)62(60-38)18-42(48,49)50)24-7-6-23(10-11-41(2,3)77(4,71)72)56-34(24)29(14-20-12-21(46)15-22(47)13-20)57-30(64)17-61-37-31(36(59-61)44(53,54)55)26-16-27(26)43(37,51)52/h6-9,12-13,15,19,26-27,29,33H,14,16-18H2,1-5H3,(H,57,64)(H,58,67)(H,65,66)(H2,68,69,70)/t19-,26?,27-,29+,33+/m1/s1. The fourth-order valence-electron chi connectivity index (χ4n) is 8.65. The summed E-state index contributed by atoms with van der Waals surface area (Å²) in [7, 11) is -14.7. The number of urea groups is 1. The van der Waals surface area contributed by atoms with Crippen LogP contribution in [0.5, 0.6) is 0 Å². The van der Waals surface area contributed by atoms with Crippen LogP contribution in [0, 0.1) is 29.4 Å². The molecule has 3 amide bonds. The third-order valence-corrected chi connectivity index (χ3v) is 16.2. The average molecular weight is 1190 g/mol. The van der Waals surface area contributed by atoms with E-state index in [1.54, 1.807) is 5.32 Å². The van der Waals surface area contributed by atoms with Crippen molar-refractivity contribution in [3.63, 3.8) is 0 Å². The number of sulfonamides is 1. The number of carbonyl (C=O) groups excluding carboxylic acids is 2. The predicted octanol–water partition coefficient (Wildman–Crippen LogP) is 6.72. The van der Waals surface area contributed by atoms with E-state index < -0.39 is 191 Å². The van der Waals surface area contributed by atoms with E-state index in [2.05, 4.69) is 36.9 Å². The molecule has 1 saturated carbocycles. The number of fused-ring (bicyclic) bond motifs is 4. The molecule has 1 fully saturated rings. The van der Waals surface area contributed by atoms with Gasteiger partial charge in [0.1, 0.15) is 40.9 Å². The smallest absolute Gasteiger partial charge is 0.469 e. The second kappa shape index (κ2) is 20.4. The highest BCUT2D eigenvalue weighted by atomic mass is 35.5. The van der Waals surface area contributed by atoms with Crippen LogP contribution in [-0.2, 0) is 70.1 Å². The van der Waals surface area contributed by atoms with Crippen LogP contribution in [0.1, 0.15) is 73.1 Å². The van der Waals surface area contributed by atoms with Gasteiger partial charge in [-0.3, -0.25) is 18.7 Å². The molecule has 5 aromatic rings. The molecule has 1 unspecified atom stereocenters. The summed E-state index contributed by atoms with van der Waals surface area (Å²) in [5.74, 6) is -8.88. The van der Waals surface area contributed by atoms with Gasteiger partial charge < -0.3 is 25.5 Å². The minimum absolute atomic E-state index is 0.0778. The number of halogens is 11. The Morgan fingerprint density at radius 2 is 1.58 bits per heavy atom. The molecule has 5 atom stereocenters. The molecule has 2 aromatic carbocycles. The highest BCUT2D eigenvalue weighted by Crippen LogP contribution is 2.68. The van der Waals surface area contributed by atoms with E-state index in [0.29, 0.717) is 12.3 Å². The molecule has 5 N–H and O–H groups in total. The van der Waals surface area contributed by atoms with Crippen molar-refractivity contribution in [3.05, 3.63) is 93.0 Å². The topological polar surface area (TPSA) is 282 Å². The monoisotopic (exact) mass is 1190 g/mol. The molecule has 0 radical (unpaired) electrons. The number of nitrogens with zero attached hydrogens (tertiary/aromatic N) is 6. The molecule has 422 valence electrons. The van der Waals surface area contributed by atoms with Crippen LogP contribution in [0.25, 0.3) is 22.0 Å². The Bertz CT molecular complexity index is 3630. The van der Waals surface area contributed by atoms with Crippen molar-refractivity contribution in [1.29, 1.82) is 0 Å². The summed E-state index contributed by atoms with van der Waals surface area (Å²) < 4.78 is 214. The number of phosphoric acid groups is 1. The first kappa shape index (κ1) is 59.3. The minimum Gasteiger partial charge on any atom is -0.480 e. The Kier molecular flexibility index (Phi) is 15.5. The van der Waals surface area contributed by atoms with Crippen molar-refractivity contribution in [3.8, 4) is 23.0 Å². The number of rotatable bonds is 16. The number of pyridine rings is 1. The van der Waals surface area contributed by atoms with Gasteiger partial charge in [-0.05, 0) is 81.3 Å². The Balaban J connectivity index is 1.48. The number of carbonyl (C=O) groups is 3. The zero-order valence-electron chi connectivity index (χ0n) is 40.4. The Morgan fingerprint density at radius 1 is 0.962 bits per heavy atom. The number of hydrogen-bond acceptors (Lipinski definition) is 12. The van der Waals surface area contributed by atoms with Crippen LogP contribution in [0.15, 0.2) is 42.5 Å². The van der Waals surface area contributed by atoms with Gasteiger partial charge in [-0.2, -0.15) is 49.6 Å². The molecular weight excluding hydrogens is 1150 g/mol. The van der Waals surface area contributed by atoms with Crippen molar-refractivity contribution in [1.82, 2.24) is 35.2 Å². The molecule has 0 bridgehead atoms. The average Bonchev–Trinajstić information content (AvgIpc) is 3.87. The van der Waals surface area contributed by atoms with Crippen molar-refractivity contribution in [2.75, 3.05) is 16.8 Å². The number of phosphoric ester groups is 1. The zero-order chi connectivity index (χ0) is 58.4. The van der Waals surface area contributed by atoms with E-state index in [4.69, 9.17) is 11.6 Å². The highest BCUT2D eigenvalue weighted by Gasteiger charge is 2.68. The van der Waals surface area contributed by atoms with Crippen LogP contribution in [-0.4, -0.2) is 110 Å². The lowest BCUT2D eigenvalue weighted by Gasteiger charge is -2.25. The van der Waals surface area contributed by atoms with Gasteiger partial charge in [-0.25, -0.2) is 44.8 Å². The van der Waals surface area contributed by atoms with E-state index in [1.165, 1.54) is 13.8 Å². The summed E-state index contributed by atoms with van der Waals surface area (Å²) in [5, 5.41) is 19.5. The van der Waals surface area contributed by atoms with E-state index in [9.17, 15) is 85.8 Å². The van der Waals surface area contributed by atoms with Gasteiger partial charge in [-0.1, -0.05) is 23.6 Å². The first-order chi connectivity index (χ1) is 35.6. The maximum atomic E-state index is 15.6. The number of alkyl halides is 8. The molecule has 0 spiro atoms. The summed E-state index contributed by atoms with van der Waals surface area (Å²) >= 11 is 6.59. The fourth-order valence-corrected chi connectivity index (χ4v) is 10.5. The minimum atomic E-state index is -5.51. The number of carboxylic acid groups (broad SMARTS) is 1.